The van der Waals surface area contributed by atoms with Gasteiger partial charge in [0.1, 0.15) is 11.5 Å². The maximum atomic E-state index is 12.9. The monoisotopic (exact) mass is 444 g/mol. The lowest BCUT2D eigenvalue weighted by Crippen LogP contribution is -2.45. The molecule has 0 radical (unpaired) electrons. The summed E-state index contributed by atoms with van der Waals surface area (Å²) in [5, 5.41) is 2.86. The molecule has 0 saturated heterocycles. The van der Waals surface area contributed by atoms with Gasteiger partial charge in [-0.15, -0.1) is 0 Å². The summed E-state index contributed by atoms with van der Waals surface area (Å²) in [5.41, 5.74) is 4.43. The molecule has 4 rings (SSSR count). The highest BCUT2D eigenvalue weighted by atomic mass is 16.5. The lowest BCUT2D eigenvalue weighted by atomic mass is 10.1. The number of hydrogen-bond donors (Lipinski definition) is 1. The van der Waals surface area contributed by atoms with Crippen molar-refractivity contribution in [2.75, 3.05) is 23.4 Å². The van der Waals surface area contributed by atoms with Gasteiger partial charge in [-0.2, -0.15) is 0 Å². The van der Waals surface area contributed by atoms with Crippen LogP contribution >= 0.6 is 0 Å². The lowest BCUT2D eigenvalue weighted by molar-refractivity contribution is -0.125. The van der Waals surface area contributed by atoms with Gasteiger partial charge in [0.15, 0.2) is 12.7 Å². The molecule has 1 unspecified atom stereocenters. The molecule has 0 aliphatic carbocycles. The minimum Gasteiger partial charge on any atom is -0.483 e. The molecule has 1 atom stereocenters. The first-order chi connectivity index (χ1) is 15.9. The van der Waals surface area contributed by atoms with Gasteiger partial charge >= 0.3 is 0 Å². The molecule has 1 N–H and O–H groups in total. The Balaban J connectivity index is 1.46. The highest BCUT2D eigenvalue weighted by Crippen LogP contribution is 2.36. The molecule has 170 valence electrons. The van der Waals surface area contributed by atoms with Crippen molar-refractivity contribution >= 4 is 23.2 Å². The number of nitrogens with one attached hydrogen (secondary N) is 1. The van der Waals surface area contributed by atoms with Crippen LogP contribution in [0.25, 0.3) is 0 Å². The van der Waals surface area contributed by atoms with E-state index in [0.29, 0.717) is 29.4 Å². The minimum absolute atomic E-state index is 0.0971. The summed E-state index contributed by atoms with van der Waals surface area (Å²) >= 11 is 0. The lowest BCUT2D eigenvalue weighted by Gasteiger charge is -2.33. The molecule has 3 aromatic rings. The van der Waals surface area contributed by atoms with E-state index in [2.05, 4.69) is 5.32 Å². The van der Waals surface area contributed by atoms with E-state index >= 15 is 0 Å². The molecule has 0 bridgehead atoms. The van der Waals surface area contributed by atoms with E-state index in [-0.39, 0.29) is 18.4 Å². The zero-order valence-electron chi connectivity index (χ0n) is 19.1. The Hall–Kier alpha value is -3.80. The molecule has 6 nitrogen and oxygen atoms in total. The molecule has 1 heterocycles. The first-order valence-electron chi connectivity index (χ1n) is 11.1. The number of carbonyl (C=O) groups excluding carboxylic acids is 2. The van der Waals surface area contributed by atoms with E-state index in [1.54, 1.807) is 30.0 Å². The molecular formula is C27H28N2O4. The van der Waals surface area contributed by atoms with Gasteiger partial charge in [-0.1, -0.05) is 42.5 Å². The van der Waals surface area contributed by atoms with Crippen LogP contribution in [0, 0.1) is 13.8 Å². The van der Waals surface area contributed by atoms with E-state index in [1.807, 2.05) is 62.4 Å². The number of hydrogen-bond acceptors (Lipinski definition) is 4. The van der Waals surface area contributed by atoms with Crippen molar-refractivity contribution in [1.29, 1.82) is 0 Å². The molecule has 1 aliphatic heterocycles. The first-order valence-corrected chi connectivity index (χ1v) is 11.1. The van der Waals surface area contributed by atoms with Gasteiger partial charge in [-0.25, -0.2) is 0 Å². The smallest absolute Gasteiger partial charge is 0.267 e. The number of fused-ring (bicyclic) bond motifs is 1. The SMILES string of the molecule is Cc1ccc(C)c(OCC(=O)Nc2ccc3c(c2)N(CCc2ccccc2)C(=O)C(C)O3)c1. The highest BCUT2D eigenvalue weighted by molar-refractivity contribution is 6.01. The number of anilines is 2. The van der Waals surface area contributed by atoms with E-state index in [1.165, 1.54) is 0 Å². The largest absolute Gasteiger partial charge is 0.483 e. The van der Waals surface area contributed by atoms with Gasteiger partial charge in [-0.3, -0.25) is 9.59 Å². The van der Waals surface area contributed by atoms with E-state index in [0.717, 1.165) is 23.1 Å². The predicted octanol–water partition coefficient (Wildman–Crippen LogP) is 4.68. The van der Waals surface area contributed by atoms with Crippen LogP contribution in [0.2, 0.25) is 0 Å². The second-order valence-electron chi connectivity index (χ2n) is 8.27. The molecular weight excluding hydrogens is 416 g/mol. The molecule has 0 saturated carbocycles. The fourth-order valence-electron chi connectivity index (χ4n) is 3.80. The van der Waals surface area contributed by atoms with E-state index < -0.39 is 6.10 Å². The van der Waals surface area contributed by atoms with Crippen LogP contribution in [0.15, 0.2) is 66.7 Å². The molecule has 33 heavy (non-hydrogen) atoms. The molecule has 0 aromatic heterocycles. The number of rotatable bonds is 7. The summed E-state index contributed by atoms with van der Waals surface area (Å²) in [4.78, 5) is 27.1. The van der Waals surface area contributed by atoms with Gasteiger partial charge in [0.2, 0.25) is 0 Å². The molecule has 2 amide bonds. The van der Waals surface area contributed by atoms with Crippen LogP contribution in [0.5, 0.6) is 11.5 Å². The topological polar surface area (TPSA) is 67.9 Å². The molecule has 1 aliphatic rings. The third kappa shape index (κ3) is 5.34. The third-order valence-electron chi connectivity index (χ3n) is 5.62. The maximum absolute atomic E-state index is 12.9. The summed E-state index contributed by atoms with van der Waals surface area (Å²) in [6.45, 7) is 6.09. The normalized spacial score (nSPS) is 14.9. The van der Waals surface area contributed by atoms with Crippen molar-refractivity contribution in [1.82, 2.24) is 0 Å². The molecule has 6 heteroatoms. The number of nitrogens with zero attached hydrogens (tertiary/aromatic N) is 1. The van der Waals surface area contributed by atoms with Crippen molar-refractivity contribution in [3.05, 3.63) is 83.4 Å². The summed E-state index contributed by atoms with van der Waals surface area (Å²) < 4.78 is 11.5. The quantitative estimate of drug-likeness (QED) is 0.575. The highest BCUT2D eigenvalue weighted by Gasteiger charge is 2.31. The Labute approximate surface area is 194 Å². The molecule has 0 spiro atoms. The summed E-state index contributed by atoms with van der Waals surface area (Å²) in [6, 6.07) is 21.3. The zero-order chi connectivity index (χ0) is 23.4. The Kier molecular flexibility index (Phi) is 6.63. The van der Waals surface area contributed by atoms with Crippen LogP contribution < -0.4 is 19.7 Å². The number of amides is 2. The molecule has 0 fully saturated rings. The van der Waals surface area contributed by atoms with Crippen LogP contribution in [0.1, 0.15) is 23.6 Å². The van der Waals surface area contributed by atoms with E-state index in [4.69, 9.17) is 9.47 Å². The number of aryl methyl sites for hydroxylation is 2. The van der Waals surface area contributed by atoms with Crippen molar-refractivity contribution in [3.8, 4) is 11.5 Å². The van der Waals surface area contributed by atoms with Crippen LogP contribution in [0.4, 0.5) is 11.4 Å². The minimum atomic E-state index is -0.556. The van der Waals surface area contributed by atoms with Crippen molar-refractivity contribution < 1.29 is 19.1 Å². The Morgan fingerprint density at radius 3 is 2.64 bits per heavy atom. The average molecular weight is 445 g/mol. The van der Waals surface area contributed by atoms with Gasteiger partial charge in [0.25, 0.3) is 11.8 Å². The fourth-order valence-corrected chi connectivity index (χ4v) is 3.80. The fraction of sp³-hybridized carbons (Fsp3) is 0.259. The maximum Gasteiger partial charge on any atom is 0.267 e. The third-order valence-corrected chi connectivity index (χ3v) is 5.62. The van der Waals surface area contributed by atoms with E-state index in [9.17, 15) is 9.59 Å². The average Bonchev–Trinajstić information content (AvgIpc) is 2.81. The number of benzene rings is 3. The molecule has 3 aromatic carbocycles. The van der Waals surface area contributed by atoms with Crippen molar-refractivity contribution in [3.63, 3.8) is 0 Å². The predicted molar refractivity (Wildman–Crippen MR) is 129 cm³/mol. The summed E-state index contributed by atoms with van der Waals surface area (Å²) in [6.07, 6.45) is 0.165. The summed E-state index contributed by atoms with van der Waals surface area (Å²) in [7, 11) is 0. The van der Waals surface area contributed by atoms with Gasteiger partial charge in [0.05, 0.1) is 5.69 Å². The Morgan fingerprint density at radius 2 is 1.85 bits per heavy atom. The van der Waals surface area contributed by atoms with Crippen LogP contribution in [-0.4, -0.2) is 31.1 Å². The zero-order valence-corrected chi connectivity index (χ0v) is 19.1. The second-order valence-corrected chi connectivity index (χ2v) is 8.27. The Bertz CT molecular complexity index is 1160. The number of carbonyl (C=O) groups is 2. The standard InChI is InChI=1S/C27H28N2O4/c1-18-9-10-19(2)25(15-18)32-17-26(30)28-22-11-12-24-23(16-22)29(27(31)20(3)33-24)14-13-21-7-5-4-6-8-21/h4-12,15-16,20H,13-14,17H2,1-3H3,(H,28,30). The Morgan fingerprint density at radius 1 is 1.06 bits per heavy atom. The van der Waals surface area contributed by atoms with Gasteiger partial charge in [-0.05, 0) is 68.1 Å². The van der Waals surface area contributed by atoms with Crippen LogP contribution in [0.3, 0.4) is 0 Å². The first kappa shape index (κ1) is 22.4. The van der Waals surface area contributed by atoms with Gasteiger partial charge in [0, 0.05) is 12.2 Å². The second kappa shape index (κ2) is 9.77. The van der Waals surface area contributed by atoms with Gasteiger partial charge < -0.3 is 19.7 Å². The summed E-state index contributed by atoms with van der Waals surface area (Å²) in [5.74, 6) is 0.943. The van der Waals surface area contributed by atoms with Crippen molar-refractivity contribution in [2.45, 2.75) is 33.3 Å². The number of ether oxygens (including phenoxy) is 2. The van der Waals surface area contributed by atoms with Crippen LogP contribution in [-0.2, 0) is 16.0 Å². The van der Waals surface area contributed by atoms with Crippen molar-refractivity contribution in [2.24, 2.45) is 0 Å².